The second-order valence-corrected chi connectivity index (χ2v) is 16.3. The van der Waals surface area contributed by atoms with Gasteiger partial charge in [-0.15, -0.1) is 0 Å². The van der Waals surface area contributed by atoms with Crippen molar-refractivity contribution in [3.8, 4) is 0 Å². The lowest BCUT2D eigenvalue weighted by molar-refractivity contribution is -0.153. The number of hydrogen-bond donors (Lipinski definition) is 6. The average molecular weight is 965 g/mol. The van der Waals surface area contributed by atoms with Crippen molar-refractivity contribution in [3.63, 3.8) is 0 Å². The number of benzene rings is 4. The molecule has 6 N–H and O–H groups in total. The van der Waals surface area contributed by atoms with Crippen molar-refractivity contribution in [3.05, 3.63) is 143 Å². The van der Waals surface area contributed by atoms with E-state index in [1.54, 1.807) is 27.7 Å². The fraction of sp³-hybridized carbons (Fsp3) is 0.392. The summed E-state index contributed by atoms with van der Waals surface area (Å²) in [6, 6.07) is 30.0. The van der Waals surface area contributed by atoms with Gasteiger partial charge in [0.15, 0.2) is 0 Å². The number of amides is 2. The quantitative estimate of drug-likeness (QED) is 0.0596. The molecular weight excluding hydrogens is 901 g/mol. The minimum absolute atomic E-state index is 0. The van der Waals surface area contributed by atoms with Crippen molar-refractivity contribution >= 4 is 64.9 Å². The molecule has 0 aliphatic carbocycles. The number of aryl methyl sites for hydroxylation is 2. The van der Waals surface area contributed by atoms with E-state index in [1.165, 1.54) is 9.80 Å². The number of carbonyl (C=O) groups excluding carboxylic acids is 4. The molecule has 0 aromatic heterocycles. The number of carboxylic acids is 2. The van der Waals surface area contributed by atoms with E-state index < -0.39 is 66.3 Å². The van der Waals surface area contributed by atoms with Gasteiger partial charge < -0.3 is 39.7 Å². The van der Waals surface area contributed by atoms with Crippen molar-refractivity contribution in [1.29, 1.82) is 0 Å². The maximum atomic E-state index is 13.3. The third-order valence-corrected chi connectivity index (χ3v) is 11.5. The van der Waals surface area contributed by atoms with Crippen LogP contribution in [0, 0.1) is 0 Å². The first-order chi connectivity index (χ1) is 32.5. The van der Waals surface area contributed by atoms with Crippen molar-refractivity contribution in [2.75, 3.05) is 13.2 Å². The number of rotatable bonds is 18. The van der Waals surface area contributed by atoms with E-state index in [1.807, 2.05) is 109 Å². The molecule has 6 rings (SSSR count). The van der Waals surface area contributed by atoms with E-state index in [0.29, 0.717) is 25.7 Å². The van der Waals surface area contributed by atoms with Crippen molar-refractivity contribution in [2.24, 2.45) is 0 Å². The van der Waals surface area contributed by atoms with Crippen LogP contribution in [0.1, 0.15) is 73.9 Å². The Kier molecular flexibility index (Phi) is 23.8. The van der Waals surface area contributed by atoms with Crippen LogP contribution in [-0.2, 0) is 77.0 Å². The summed E-state index contributed by atoms with van der Waals surface area (Å²) in [5.74, 6) is -3.59. The molecule has 368 valence electrons. The van der Waals surface area contributed by atoms with Crippen LogP contribution in [0.15, 0.2) is 109 Å². The summed E-state index contributed by atoms with van der Waals surface area (Å²) in [6.45, 7) is 7.75. The van der Waals surface area contributed by atoms with Gasteiger partial charge in [0.1, 0.15) is 24.2 Å². The molecule has 2 amide bonds. The molecule has 2 aliphatic rings. The first-order valence-corrected chi connectivity index (χ1v) is 22.6. The number of nitrogens with one attached hydrogen (secondary N) is 2. The third kappa shape index (κ3) is 17.6. The van der Waals surface area contributed by atoms with Gasteiger partial charge in [0.2, 0.25) is 11.8 Å². The van der Waals surface area contributed by atoms with Gasteiger partial charge in [-0.05, 0) is 86.8 Å². The largest absolute Gasteiger partial charge is 0.503 e. The fourth-order valence-corrected chi connectivity index (χ4v) is 8.13. The Bertz CT molecular complexity index is 2160. The summed E-state index contributed by atoms with van der Waals surface area (Å²) in [4.78, 5) is 86.7. The summed E-state index contributed by atoms with van der Waals surface area (Å²) < 4.78 is 10.4. The predicted octanol–water partition coefficient (Wildman–Crippen LogP) is 4.44. The summed E-state index contributed by atoms with van der Waals surface area (Å²) in [5.41, 5.74) is 5.93. The van der Waals surface area contributed by atoms with Crippen molar-refractivity contribution in [2.45, 2.75) is 116 Å². The van der Waals surface area contributed by atoms with E-state index in [9.17, 15) is 39.0 Å². The first-order valence-electron chi connectivity index (χ1n) is 22.6. The second-order valence-electron chi connectivity index (χ2n) is 16.3. The third-order valence-electron chi connectivity index (χ3n) is 11.5. The first kappa shape index (κ1) is 57.0. The summed E-state index contributed by atoms with van der Waals surface area (Å²) in [7, 11) is 0. The number of hydrogen-bond acceptors (Lipinski definition) is 11. The van der Waals surface area contributed by atoms with Gasteiger partial charge in [-0.25, -0.2) is 14.4 Å². The molecule has 69 heavy (non-hydrogen) atoms. The number of fused-ring (bicyclic) bond motifs is 2. The Balaban J connectivity index is 0.000000334. The standard InChI is InChI=1S/2C25H30N2O5.CH2O3.Mg.2H/c2*1-3-32-25(31)21(14-13-18-9-5-4-6-10-18)26-17(2)23(28)27-16-20-12-8-7-11-19(20)15-22(27)24(29)30;2-1(3)4;;;/h2*4-12,17,21-22,26H,3,13-16H2,1-2H3,(H,29,30);(H2,2,3,4);;;/t2*17-,21-,22-;;;;/m00..../s1. The molecule has 18 heteroatoms. The SMILES string of the molecule is CCOC(=O)[C@H](CCc1ccccc1)N[C@@H](C)C(=O)N1Cc2ccccc2C[C@H]1C(=O)O.CCOC(=O)[C@H](CCc1ccccc1)N[C@@H](C)C(=O)N1Cc2ccccc2C[C@H]1C(=O)O.O=C(O)O.[MgH2]. The van der Waals surface area contributed by atoms with Crippen LogP contribution in [-0.4, -0.2) is 145 Å². The molecule has 0 unspecified atom stereocenters. The fourth-order valence-electron chi connectivity index (χ4n) is 8.13. The molecule has 0 saturated carbocycles. The smallest absolute Gasteiger partial charge is 0.480 e. The van der Waals surface area contributed by atoms with Gasteiger partial charge in [0, 0.05) is 25.9 Å². The zero-order chi connectivity index (χ0) is 49.8. The van der Waals surface area contributed by atoms with Crippen LogP contribution < -0.4 is 10.6 Å². The summed E-state index contributed by atoms with van der Waals surface area (Å²) >= 11 is 0. The highest BCUT2D eigenvalue weighted by atomic mass is 24.3. The van der Waals surface area contributed by atoms with E-state index in [0.717, 1.165) is 33.4 Å². The highest BCUT2D eigenvalue weighted by Gasteiger charge is 2.39. The van der Waals surface area contributed by atoms with Crippen LogP contribution >= 0.6 is 0 Å². The Morgan fingerprint density at radius 3 is 1.14 bits per heavy atom. The minimum Gasteiger partial charge on any atom is -0.480 e. The van der Waals surface area contributed by atoms with Crippen LogP contribution in [0.4, 0.5) is 4.79 Å². The number of ether oxygens (including phenoxy) is 2. The topological polar surface area (TPSA) is 249 Å². The van der Waals surface area contributed by atoms with Gasteiger partial charge in [0.05, 0.1) is 25.3 Å². The average Bonchev–Trinajstić information content (AvgIpc) is 3.33. The molecule has 17 nitrogen and oxygen atoms in total. The van der Waals surface area contributed by atoms with E-state index in [4.69, 9.17) is 24.5 Å². The lowest BCUT2D eigenvalue weighted by Crippen LogP contribution is -2.56. The molecule has 0 radical (unpaired) electrons. The predicted molar refractivity (Wildman–Crippen MR) is 259 cm³/mol. The van der Waals surface area contributed by atoms with E-state index in [2.05, 4.69) is 10.6 Å². The molecule has 2 heterocycles. The molecule has 0 fully saturated rings. The molecule has 0 bridgehead atoms. The Morgan fingerprint density at radius 2 is 0.841 bits per heavy atom. The molecular formula is C51H64MgN4O13. The number of esters is 2. The number of nitrogens with zero attached hydrogens (tertiary/aromatic N) is 2. The highest BCUT2D eigenvalue weighted by Crippen LogP contribution is 2.26. The zero-order valence-electron chi connectivity index (χ0n) is 38.8. The second kappa shape index (κ2) is 28.9. The lowest BCUT2D eigenvalue weighted by atomic mass is 9.93. The van der Waals surface area contributed by atoms with Gasteiger partial charge >= 0.3 is 53.1 Å². The maximum Gasteiger partial charge on any atom is 0.503 e. The Labute approximate surface area is 418 Å². The Morgan fingerprint density at radius 1 is 0.536 bits per heavy atom. The molecule has 6 atom stereocenters. The normalized spacial score (nSPS) is 16.3. The van der Waals surface area contributed by atoms with E-state index in [-0.39, 0.29) is 74.0 Å². The number of carboxylic acid groups (broad SMARTS) is 4. The monoisotopic (exact) mass is 964 g/mol. The van der Waals surface area contributed by atoms with Crippen LogP contribution in [0.5, 0.6) is 0 Å². The van der Waals surface area contributed by atoms with E-state index >= 15 is 0 Å². The van der Waals surface area contributed by atoms with Crippen LogP contribution in [0.2, 0.25) is 0 Å². The highest BCUT2D eigenvalue weighted by molar-refractivity contribution is 5.89. The molecule has 4 aromatic rings. The molecule has 2 aliphatic heterocycles. The zero-order valence-corrected chi connectivity index (χ0v) is 38.8. The van der Waals surface area contributed by atoms with Gasteiger partial charge in [-0.3, -0.25) is 29.8 Å². The molecule has 4 aromatic carbocycles. The number of carbonyl (C=O) groups is 7. The molecule has 0 saturated heterocycles. The van der Waals surface area contributed by atoms with Gasteiger partial charge in [0.25, 0.3) is 0 Å². The lowest BCUT2D eigenvalue weighted by Gasteiger charge is -2.36. The molecule has 0 spiro atoms. The van der Waals surface area contributed by atoms with Gasteiger partial charge in [-0.1, -0.05) is 109 Å². The minimum atomic E-state index is -1.83. The van der Waals surface area contributed by atoms with Crippen LogP contribution in [0.25, 0.3) is 0 Å². The maximum absolute atomic E-state index is 13.3. The Hall–Kier alpha value is -6.34. The number of aliphatic carboxylic acids is 2. The summed E-state index contributed by atoms with van der Waals surface area (Å²) in [5, 5.41) is 39.6. The van der Waals surface area contributed by atoms with Crippen LogP contribution in [0.3, 0.4) is 0 Å². The summed E-state index contributed by atoms with van der Waals surface area (Å²) in [6.07, 6.45) is 0.913. The van der Waals surface area contributed by atoms with Crippen molar-refractivity contribution < 1.29 is 63.5 Å². The van der Waals surface area contributed by atoms with Crippen molar-refractivity contribution in [1.82, 2.24) is 20.4 Å². The van der Waals surface area contributed by atoms with Gasteiger partial charge in [-0.2, -0.15) is 0 Å².